The smallest absolute Gasteiger partial charge is 0.260 e. The fourth-order valence-corrected chi connectivity index (χ4v) is 15.2. The van der Waals surface area contributed by atoms with E-state index in [1.807, 2.05) is 55.5 Å². The molecule has 0 atom stereocenters. The minimum absolute atomic E-state index is 0.0329. The number of aromatic nitrogens is 3. The highest BCUT2D eigenvalue weighted by Crippen LogP contribution is 2.49. The van der Waals surface area contributed by atoms with Crippen LogP contribution in [-0.4, -0.2) is 27.1 Å². The van der Waals surface area contributed by atoms with E-state index in [1.165, 1.54) is 0 Å². The van der Waals surface area contributed by atoms with Crippen molar-refractivity contribution in [3.8, 4) is 46.2 Å². The number of nitrogens with zero attached hydrogens (tertiary/aromatic N) is 4. The zero-order valence-electron chi connectivity index (χ0n) is 46.4. The zero-order chi connectivity index (χ0) is 56.9. The van der Waals surface area contributed by atoms with E-state index < -0.39 is 0 Å². The second-order valence-electron chi connectivity index (χ2n) is 22.4. The molecule has 0 bridgehead atoms. The Morgan fingerprint density at radius 1 is 0.523 bits per heavy atom. The van der Waals surface area contributed by atoms with Gasteiger partial charge in [0.2, 0.25) is 0 Å². The number of para-hydroxylation sites is 5. The van der Waals surface area contributed by atoms with Crippen LogP contribution in [0.5, 0.6) is 28.7 Å². The third-order valence-corrected chi connectivity index (χ3v) is 18.9. The minimum Gasteiger partial charge on any atom is -0.462 e. The SMILES string of the molecule is C=CC1=C(/C=C\C)Oc2cc(-n3c4ccccc4c4c3ccc3c5ccc6c(c7ccccc7n6C6=CCC7=C8B(c9ccccc9OC8=C6)c6ccccc6O7)c5n(-c5ccc(Sc6ccc(C#N)cc6)cc5)c34)cc3c2B1c1ccccc1O3. The maximum Gasteiger partial charge on any atom is 0.260 e. The minimum atomic E-state index is -0.114. The van der Waals surface area contributed by atoms with Crippen molar-refractivity contribution in [2.45, 2.75) is 23.1 Å². The summed E-state index contributed by atoms with van der Waals surface area (Å²) in [7, 11) is 0. The second-order valence-corrected chi connectivity index (χ2v) is 23.6. The molecule has 3 aromatic heterocycles. The molecule has 11 heteroatoms. The van der Waals surface area contributed by atoms with E-state index in [0.717, 1.165) is 171 Å². The molecule has 0 N–H and O–H groups in total. The lowest BCUT2D eigenvalue weighted by atomic mass is 9.34. The van der Waals surface area contributed by atoms with Crippen molar-refractivity contribution in [2.75, 3.05) is 0 Å². The van der Waals surface area contributed by atoms with Crippen molar-refractivity contribution in [3.63, 3.8) is 0 Å². The van der Waals surface area contributed by atoms with Crippen LogP contribution in [0.25, 0.3) is 82.5 Å². The van der Waals surface area contributed by atoms with Gasteiger partial charge in [-0.3, -0.25) is 0 Å². The number of hydrogen-bond acceptors (Lipinski definition) is 6. The molecule has 0 spiro atoms. The van der Waals surface area contributed by atoms with Crippen LogP contribution in [0.3, 0.4) is 0 Å². The Bertz CT molecular complexity index is 5420. The van der Waals surface area contributed by atoms with Gasteiger partial charge in [-0.25, -0.2) is 0 Å². The second kappa shape index (κ2) is 18.6. The predicted octanol–water partition coefficient (Wildman–Crippen LogP) is 15.7. The van der Waals surface area contributed by atoms with Crippen molar-refractivity contribution in [1.82, 2.24) is 13.7 Å². The third kappa shape index (κ3) is 6.96. The summed E-state index contributed by atoms with van der Waals surface area (Å²) in [6, 6.07) is 75.4. The molecule has 4 aliphatic heterocycles. The Hall–Kier alpha value is -10.8. The highest BCUT2D eigenvalue weighted by atomic mass is 32.2. The maximum atomic E-state index is 9.56. The molecule has 1 aliphatic carbocycles. The van der Waals surface area contributed by atoms with E-state index in [-0.39, 0.29) is 13.4 Å². The van der Waals surface area contributed by atoms with Crippen molar-refractivity contribution in [3.05, 3.63) is 277 Å². The molecule has 0 unspecified atom stereocenters. The van der Waals surface area contributed by atoms with Gasteiger partial charge in [0.1, 0.15) is 46.0 Å². The van der Waals surface area contributed by atoms with Crippen LogP contribution < -0.4 is 40.8 Å². The largest absolute Gasteiger partial charge is 0.462 e. The average Bonchev–Trinajstić information content (AvgIpc) is 1.55. The van der Waals surface area contributed by atoms with E-state index in [2.05, 4.69) is 214 Å². The number of nitriles is 1. The Labute approximate surface area is 499 Å². The first-order valence-corrected chi connectivity index (χ1v) is 29.9. The normalized spacial score (nSPS) is 14.7. The fourth-order valence-electron chi connectivity index (χ4n) is 14.4. The molecule has 402 valence electrons. The predicted molar refractivity (Wildman–Crippen MR) is 351 cm³/mol. The Balaban J connectivity index is 0.889. The molecule has 0 saturated carbocycles. The number of benzene rings is 10. The molecular formula is C75H46B2N4O4S. The molecule has 0 radical (unpaired) electrons. The summed E-state index contributed by atoms with van der Waals surface area (Å²) in [6.07, 6.45) is 11.1. The highest BCUT2D eigenvalue weighted by Gasteiger charge is 2.43. The summed E-state index contributed by atoms with van der Waals surface area (Å²) in [6.45, 7) is 6.15. The fraction of sp³-hybridized carbons (Fsp3) is 0.0267. The Kier molecular flexibility index (Phi) is 10.5. The number of fused-ring (bicyclic) bond motifs is 17. The monoisotopic (exact) mass is 1120 g/mol. The van der Waals surface area contributed by atoms with Crippen LogP contribution in [0.15, 0.2) is 281 Å². The summed E-state index contributed by atoms with van der Waals surface area (Å²) < 4.78 is 35.0. The maximum absolute atomic E-state index is 9.56. The lowest BCUT2D eigenvalue weighted by Crippen LogP contribution is -2.51. The molecule has 10 aromatic carbocycles. The van der Waals surface area contributed by atoms with Gasteiger partial charge in [0.05, 0.1) is 50.4 Å². The molecule has 0 saturated heterocycles. The first-order valence-electron chi connectivity index (χ1n) is 29.0. The van der Waals surface area contributed by atoms with E-state index >= 15 is 0 Å². The van der Waals surface area contributed by atoms with E-state index in [4.69, 9.17) is 18.9 Å². The molecule has 5 aliphatic rings. The number of hydrogen-bond donors (Lipinski definition) is 0. The summed E-state index contributed by atoms with van der Waals surface area (Å²) in [4.78, 5) is 2.15. The topological polar surface area (TPSA) is 75.5 Å². The molecule has 13 aromatic rings. The van der Waals surface area contributed by atoms with Gasteiger partial charge in [0.15, 0.2) is 0 Å². The van der Waals surface area contributed by atoms with E-state index in [0.29, 0.717) is 12.0 Å². The molecule has 8 nitrogen and oxygen atoms in total. The summed E-state index contributed by atoms with van der Waals surface area (Å²) in [5.41, 5.74) is 16.5. The molecule has 7 heterocycles. The molecule has 0 amide bonds. The molecule has 18 rings (SSSR count). The summed E-state index contributed by atoms with van der Waals surface area (Å²) in [5, 5.41) is 16.4. The molecular weight excluding hydrogens is 1070 g/mol. The highest BCUT2D eigenvalue weighted by molar-refractivity contribution is 7.99. The van der Waals surface area contributed by atoms with Gasteiger partial charge < -0.3 is 32.6 Å². The first-order chi connectivity index (χ1) is 42.5. The van der Waals surface area contributed by atoms with E-state index in [1.54, 1.807) is 11.8 Å². The van der Waals surface area contributed by atoms with Crippen molar-refractivity contribution in [2.24, 2.45) is 0 Å². The molecule has 0 fully saturated rings. The van der Waals surface area contributed by atoms with Crippen molar-refractivity contribution >= 4 is 118 Å². The summed E-state index contributed by atoms with van der Waals surface area (Å²) in [5.74, 6) is 6.53. The van der Waals surface area contributed by atoms with Crippen LogP contribution in [-0.2, 0) is 0 Å². The van der Waals surface area contributed by atoms with Gasteiger partial charge in [0, 0.05) is 89.1 Å². The van der Waals surface area contributed by atoms with Crippen LogP contribution in [0.4, 0.5) is 0 Å². The Morgan fingerprint density at radius 2 is 1.08 bits per heavy atom. The number of allylic oxidation sites excluding steroid dienone is 8. The van der Waals surface area contributed by atoms with Gasteiger partial charge >= 0.3 is 0 Å². The zero-order valence-corrected chi connectivity index (χ0v) is 47.2. The van der Waals surface area contributed by atoms with Crippen LogP contribution >= 0.6 is 11.8 Å². The quantitative estimate of drug-likeness (QED) is 0.148. The van der Waals surface area contributed by atoms with Crippen molar-refractivity contribution in [1.29, 1.82) is 5.26 Å². The van der Waals surface area contributed by atoms with E-state index in [9.17, 15) is 5.26 Å². The van der Waals surface area contributed by atoms with Gasteiger partial charge in [-0.15, -0.1) is 0 Å². The standard InChI is InChI=1S/C75H46B2N4O4S/c1-3-15-62-54(4-2)76-55-18-7-13-24-64(55)85-69-42-47(41-68(83-62)73(69)76)80-59-22-11-6-17-53(59)71-61(80)38-36-51-50-35-37-60-70(74(50)81(75(51)71)45-28-33-49(34-29-45)86-48-31-26-44(43-78)27-32-48)52-16-5-10-21-58(52)79(60)46-30-39-66-72-67(40-46)84-65-25-14-9-20-57(65)77(72)56-19-8-12-23-63(56)82-66/h3-38,40-42H,2,39H2,1H3/b15-3-. The van der Waals surface area contributed by atoms with Gasteiger partial charge in [0.25, 0.3) is 13.4 Å². The third-order valence-electron chi connectivity index (χ3n) is 17.9. The van der Waals surface area contributed by atoms with Crippen LogP contribution in [0, 0.1) is 11.3 Å². The molecule has 86 heavy (non-hydrogen) atoms. The lowest BCUT2D eigenvalue weighted by molar-refractivity contribution is 0.393. The van der Waals surface area contributed by atoms with Gasteiger partial charge in [-0.1, -0.05) is 140 Å². The first kappa shape index (κ1) is 48.7. The lowest BCUT2D eigenvalue weighted by Gasteiger charge is -2.34. The van der Waals surface area contributed by atoms with Gasteiger partial charge in [-0.2, -0.15) is 5.26 Å². The Morgan fingerprint density at radius 3 is 1.72 bits per heavy atom. The average molecular weight is 1120 g/mol. The van der Waals surface area contributed by atoms with Crippen LogP contribution in [0.1, 0.15) is 18.9 Å². The van der Waals surface area contributed by atoms with Crippen LogP contribution in [0.2, 0.25) is 0 Å². The number of ether oxygens (including phenoxy) is 4. The number of rotatable bonds is 7. The van der Waals surface area contributed by atoms with Crippen molar-refractivity contribution < 1.29 is 18.9 Å². The van der Waals surface area contributed by atoms with Gasteiger partial charge in [-0.05, 0) is 126 Å². The summed E-state index contributed by atoms with van der Waals surface area (Å²) >= 11 is 1.68.